The summed E-state index contributed by atoms with van der Waals surface area (Å²) in [6, 6.07) is 8.32. The molecule has 1 unspecified atom stereocenters. The van der Waals surface area contributed by atoms with E-state index in [4.69, 9.17) is 9.15 Å². The standard InChI is InChI=1S/C21H18FN3O3S/c1-4-15-13-10-17(19(28-12(3)26)18-14(22)6-5-9-23-18)29-21(13)25-20(24-15)16-8-7-11(2)27-16/h5-10,19H,4H2,1-3H3. The van der Waals surface area contributed by atoms with Gasteiger partial charge in [-0.05, 0) is 43.7 Å². The predicted molar refractivity (Wildman–Crippen MR) is 107 cm³/mol. The molecule has 0 aliphatic rings. The lowest BCUT2D eigenvalue weighted by Crippen LogP contribution is -2.12. The highest BCUT2D eigenvalue weighted by atomic mass is 32.1. The number of rotatable bonds is 5. The largest absolute Gasteiger partial charge is 0.458 e. The lowest BCUT2D eigenvalue weighted by atomic mass is 10.1. The van der Waals surface area contributed by atoms with Gasteiger partial charge in [0.15, 0.2) is 17.7 Å². The molecule has 0 aliphatic heterocycles. The monoisotopic (exact) mass is 411 g/mol. The molecule has 0 fully saturated rings. The van der Waals surface area contributed by atoms with Crippen molar-refractivity contribution >= 4 is 27.5 Å². The van der Waals surface area contributed by atoms with Crippen LogP contribution in [-0.4, -0.2) is 20.9 Å². The molecular weight excluding hydrogens is 393 g/mol. The molecule has 8 heteroatoms. The van der Waals surface area contributed by atoms with Crippen LogP contribution in [0.4, 0.5) is 4.39 Å². The molecule has 4 aromatic heterocycles. The van der Waals surface area contributed by atoms with Crippen molar-refractivity contribution in [3.63, 3.8) is 0 Å². The van der Waals surface area contributed by atoms with Gasteiger partial charge in [0.1, 0.15) is 22.1 Å². The van der Waals surface area contributed by atoms with E-state index in [-0.39, 0.29) is 5.69 Å². The second kappa shape index (κ2) is 7.71. The third kappa shape index (κ3) is 3.75. The van der Waals surface area contributed by atoms with E-state index in [1.54, 1.807) is 0 Å². The number of nitrogens with zero attached hydrogens (tertiary/aromatic N) is 3. The quantitative estimate of drug-likeness (QED) is 0.430. The average molecular weight is 411 g/mol. The van der Waals surface area contributed by atoms with Gasteiger partial charge in [0, 0.05) is 18.5 Å². The zero-order chi connectivity index (χ0) is 20.5. The molecule has 0 saturated heterocycles. The van der Waals surface area contributed by atoms with Crippen molar-refractivity contribution in [1.29, 1.82) is 0 Å². The van der Waals surface area contributed by atoms with Crippen molar-refractivity contribution in [2.45, 2.75) is 33.3 Å². The van der Waals surface area contributed by atoms with Crippen LogP contribution in [0, 0.1) is 12.7 Å². The molecule has 0 bridgehead atoms. The lowest BCUT2D eigenvalue weighted by Gasteiger charge is -2.15. The molecular formula is C21H18FN3O3S. The van der Waals surface area contributed by atoms with Gasteiger partial charge in [-0.1, -0.05) is 6.92 Å². The van der Waals surface area contributed by atoms with Crippen molar-refractivity contribution in [1.82, 2.24) is 15.0 Å². The fourth-order valence-electron chi connectivity index (χ4n) is 3.07. The lowest BCUT2D eigenvalue weighted by molar-refractivity contribution is -0.144. The average Bonchev–Trinajstić information content (AvgIpc) is 3.32. The third-order valence-corrected chi connectivity index (χ3v) is 5.44. The van der Waals surface area contributed by atoms with Crippen LogP contribution in [0.3, 0.4) is 0 Å². The number of thiophene rings is 1. The van der Waals surface area contributed by atoms with Crippen molar-refractivity contribution in [3.8, 4) is 11.6 Å². The maximum absolute atomic E-state index is 14.4. The van der Waals surface area contributed by atoms with E-state index in [1.165, 1.54) is 36.6 Å². The molecule has 29 heavy (non-hydrogen) atoms. The van der Waals surface area contributed by atoms with Gasteiger partial charge in [0.2, 0.25) is 0 Å². The van der Waals surface area contributed by atoms with Gasteiger partial charge < -0.3 is 9.15 Å². The zero-order valence-corrected chi connectivity index (χ0v) is 16.9. The Morgan fingerprint density at radius 3 is 2.79 bits per heavy atom. The summed E-state index contributed by atoms with van der Waals surface area (Å²) in [5.41, 5.74) is 0.895. The maximum atomic E-state index is 14.4. The van der Waals surface area contributed by atoms with E-state index in [9.17, 15) is 9.18 Å². The molecule has 1 atom stereocenters. The van der Waals surface area contributed by atoms with E-state index in [0.717, 1.165) is 16.8 Å². The molecule has 4 aromatic rings. The van der Waals surface area contributed by atoms with Gasteiger partial charge in [-0.2, -0.15) is 0 Å². The SMILES string of the molecule is CCc1nc(-c2ccc(C)o2)nc2sc(C(OC(C)=O)c3ncccc3F)cc12. The highest BCUT2D eigenvalue weighted by Crippen LogP contribution is 2.37. The highest BCUT2D eigenvalue weighted by molar-refractivity contribution is 7.18. The first-order valence-corrected chi connectivity index (χ1v) is 9.92. The second-order valence-electron chi connectivity index (χ2n) is 6.49. The Balaban J connectivity index is 1.86. The van der Waals surface area contributed by atoms with Gasteiger partial charge in [0.05, 0.1) is 10.6 Å². The number of furan rings is 1. The third-order valence-electron chi connectivity index (χ3n) is 4.36. The number of aromatic nitrogens is 3. The Bertz CT molecular complexity index is 1200. The van der Waals surface area contributed by atoms with Crippen molar-refractivity contribution in [3.05, 3.63) is 64.4 Å². The Morgan fingerprint density at radius 1 is 1.31 bits per heavy atom. The van der Waals surface area contributed by atoms with Crippen LogP contribution in [-0.2, 0) is 16.0 Å². The first-order chi connectivity index (χ1) is 14.0. The van der Waals surface area contributed by atoms with Gasteiger partial charge >= 0.3 is 5.97 Å². The second-order valence-corrected chi connectivity index (χ2v) is 7.55. The molecule has 4 rings (SSSR count). The van der Waals surface area contributed by atoms with Crippen LogP contribution >= 0.6 is 11.3 Å². The number of pyridine rings is 1. The summed E-state index contributed by atoms with van der Waals surface area (Å²) in [4.78, 5) is 26.4. The summed E-state index contributed by atoms with van der Waals surface area (Å²) in [5, 5.41) is 0.841. The molecule has 0 saturated carbocycles. The van der Waals surface area contributed by atoms with Crippen LogP contribution in [0.25, 0.3) is 21.8 Å². The fourth-order valence-corrected chi connectivity index (χ4v) is 4.15. The number of halogens is 1. The molecule has 6 nitrogen and oxygen atoms in total. The van der Waals surface area contributed by atoms with Crippen LogP contribution in [0.2, 0.25) is 0 Å². The Labute approximate surface area is 170 Å². The smallest absolute Gasteiger partial charge is 0.303 e. The number of aryl methyl sites for hydroxylation is 2. The topological polar surface area (TPSA) is 78.1 Å². The molecule has 4 heterocycles. The van der Waals surface area contributed by atoms with E-state index in [0.29, 0.717) is 27.7 Å². The fraction of sp³-hybridized carbons (Fsp3) is 0.238. The number of hydrogen-bond donors (Lipinski definition) is 0. The molecule has 0 spiro atoms. The summed E-state index contributed by atoms with van der Waals surface area (Å²) in [6.07, 6.45) is 1.20. The van der Waals surface area contributed by atoms with Gasteiger partial charge in [-0.25, -0.2) is 14.4 Å². The molecule has 148 valence electrons. The number of ether oxygens (including phenoxy) is 1. The minimum absolute atomic E-state index is 0.0575. The molecule has 0 aromatic carbocycles. The Kier molecular flexibility index (Phi) is 5.10. The number of fused-ring (bicyclic) bond motifs is 1. The molecule has 0 radical (unpaired) electrons. The van der Waals surface area contributed by atoms with Crippen LogP contribution in [0.15, 0.2) is 40.9 Å². The highest BCUT2D eigenvalue weighted by Gasteiger charge is 2.26. The summed E-state index contributed by atoms with van der Waals surface area (Å²) >= 11 is 1.32. The minimum atomic E-state index is -0.952. The number of carbonyl (C=O) groups is 1. The Morgan fingerprint density at radius 2 is 2.14 bits per heavy atom. The summed E-state index contributed by atoms with van der Waals surface area (Å²) in [7, 11) is 0. The van der Waals surface area contributed by atoms with Gasteiger partial charge in [-0.3, -0.25) is 9.78 Å². The minimum Gasteiger partial charge on any atom is -0.458 e. The first-order valence-electron chi connectivity index (χ1n) is 9.11. The van der Waals surface area contributed by atoms with Crippen LogP contribution < -0.4 is 0 Å². The molecule has 0 N–H and O–H groups in total. The molecule has 0 aliphatic carbocycles. The first kappa shape index (κ1) is 19.2. The maximum Gasteiger partial charge on any atom is 0.303 e. The number of esters is 1. The van der Waals surface area contributed by atoms with Crippen LogP contribution in [0.5, 0.6) is 0 Å². The van der Waals surface area contributed by atoms with E-state index in [1.807, 2.05) is 32.0 Å². The van der Waals surface area contributed by atoms with Gasteiger partial charge in [-0.15, -0.1) is 11.3 Å². The number of carbonyl (C=O) groups excluding carboxylic acids is 1. The van der Waals surface area contributed by atoms with Crippen molar-refractivity contribution < 1.29 is 18.3 Å². The normalized spacial score (nSPS) is 12.3. The Hall–Kier alpha value is -3.13. The van der Waals surface area contributed by atoms with Crippen molar-refractivity contribution in [2.24, 2.45) is 0 Å². The summed E-state index contributed by atoms with van der Waals surface area (Å²) in [5.74, 6) is 0.787. The zero-order valence-electron chi connectivity index (χ0n) is 16.1. The van der Waals surface area contributed by atoms with Gasteiger partial charge in [0.25, 0.3) is 0 Å². The molecule has 0 amide bonds. The summed E-state index contributed by atoms with van der Waals surface area (Å²) < 4.78 is 25.5. The van der Waals surface area contributed by atoms with E-state index in [2.05, 4.69) is 15.0 Å². The summed E-state index contributed by atoms with van der Waals surface area (Å²) in [6.45, 7) is 5.14. The van der Waals surface area contributed by atoms with E-state index < -0.39 is 17.9 Å². The van der Waals surface area contributed by atoms with Crippen molar-refractivity contribution in [2.75, 3.05) is 0 Å². The number of hydrogen-bond acceptors (Lipinski definition) is 7. The van der Waals surface area contributed by atoms with E-state index >= 15 is 0 Å². The predicted octanol–water partition coefficient (Wildman–Crippen LogP) is 5.01. The van der Waals surface area contributed by atoms with Crippen LogP contribution in [0.1, 0.15) is 42.0 Å².